The third-order valence-corrected chi connectivity index (χ3v) is 6.10. The Bertz CT molecular complexity index is 1190. The van der Waals surface area contributed by atoms with Crippen molar-refractivity contribution < 1.29 is 14.7 Å². The zero-order valence-electron chi connectivity index (χ0n) is 17.4. The van der Waals surface area contributed by atoms with Gasteiger partial charge < -0.3 is 5.11 Å². The normalized spacial score (nSPS) is 17.1. The highest BCUT2D eigenvalue weighted by molar-refractivity contribution is 6.25. The molecule has 0 aliphatic heterocycles. The number of carbonyl (C=O) groups is 2. The number of ketones is 2. The van der Waals surface area contributed by atoms with E-state index in [2.05, 4.69) is 0 Å². The van der Waals surface area contributed by atoms with E-state index in [-0.39, 0.29) is 47.0 Å². The first-order valence-electron chi connectivity index (χ1n) is 10.6. The topological polar surface area (TPSA) is 98.4 Å². The van der Waals surface area contributed by atoms with Gasteiger partial charge in [-0.15, -0.1) is 0 Å². The van der Waals surface area contributed by atoms with Crippen molar-refractivity contribution >= 4 is 28.2 Å². The van der Waals surface area contributed by atoms with Crippen LogP contribution in [0.25, 0.3) is 16.7 Å². The molecule has 1 aromatic carbocycles. The molecule has 2 fully saturated rings. The van der Waals surface area contributed by atoms with Gasteiger partial charge in [0.15, 0.2) is 11.6 Å². The predicted molar refractivity (Wildman–Crippen MR) is 114 cm³/mol. The molecule has 2 saturated carbocycles. The van der Waals surface area contributed by atoms with Gasteiger partial charge in [-0.25, -0.2) is 4.79 Å². The second-order valence-electron chi connectivity index (χ2n) is 8.35. The van der Waals surface area contributed by atoms with E-state index in [0.717, 1.165) is 12.8 Å². The molecule has 2 aromatic rings. The number of fused-ring (bicyclic) bond motifs is 1. The van der Waals surface area contributed by atoms with Crippen LogP contribution in [0, 0.1) is 12.8 Å². The summed E-state index contributed by atoms with van der Waals surface area (Å²) in [6.45, 7) is 4.46. The summed E-state index contributed by atoms with van der Waals surface area (Å²) in [7, 11) is 0. The van der Waals surface area contributed by atoms with Crippen LogP contribution in [0.1, 0.15) is 56.6 Å². The first-order chi connectivity index (χ1) is 14.3. The van der Waals surface area contributed by atoms with E-state index in [9.17, 15) is 24.3 Å². The van der Waals surface area contributed by atoms with Gasteiger partial charge >= 0.3 is 5.69 Å². The van der Waals surface area contributed by atoms with E-state index in [4.69, 9.17) is 0 Å². The van der Waals surface area contributed by atoms with Crippen LogP contribution < -0.4 is 11.2 Å². The van der Waals surface area contributed by atoms with Crippen LogP contribution in [0.15, 0.2) is 27.3 Å². The lowest BCUT2D eigenvalue weighted by atomic mass is 9.88. The highest BCUT2D eigenvalue weighted by Crippen LogP contribution is 2.32. The highest BCUT2D eigenvalue weighted by atomic mass is 16.3. The first-order valence-corrected chi connectivity index (χ1v) is 10.6. The molecular weight excluding hydrogens is 384 g/mol. The molecule has 0 unspecified atom stereocenters. The molecule has 4 rings (SSSR count). The Morgan fingerprint density at radius 3 is 2.33 bits per heavy atom. The van der Waals surface area contributed by atoms with Gasteiger partial charge in [-0.1, -0.05) is 6.92 Å². The van der Waals surface area contributed by atoms with E-state index >= 15 is 0 Å². The number of rotatable bonds is 5. The fraction of sp³-hybridized carbons (Fsp3) is 0.478. The minimum atomic E-state index is -0.401. The molecule has 158 valence electrons. The number of carbonyl (C=O) groups excluding carboxylic acids is 2. The van der Waals surface area contributed by atoms with Crippen LogP contribution >= 0.6 is 0 Å². The Morgan fingerprint density at radius 1 is 1.07 bits per heavy atom. The first kappa shape index (κ1) is 20.3. The Hall–Kier alpha value is -2.96. The van der Waals surface area contributed by atoms with E-state index in [0.29, 0.717) is 48.3 Å². The summed E-state index contributed by atoms with van der Waals surface area (Å²) in [5.74, 6) is -0.673. The van der Waals surface area contributed by atoms with Gasteiger partial charge in [0.25, 0.3) is 5.56 Å². The number of nitrogens with zero attached hydrogens (tertiary/aromatic N) is 2. The SMILES string of the molecule is CCCn1c(=O)c2c(C)c(C(O)=C3C(=O)CCCC3=O)ccc2n(CC2CC2)c1=O. The molecule has 1 N–H and O–H groups in total. The van der Waals surface area contributed by atoms with Gasteiger partial charge in [0.1, 0.15) is 11.3 Å². The number of hydrogen-bond acceptors (Lipinski definition) is 5. The summed E-state index contributed by atoms with van der Waals surface area (Å²) in [5, 5.41) is 11.2. The summed E-state index contributed by atoms with van der Waals surface area (Å²) in [6, 6.07) is 3.25. The lowest BCUT2D eigenvalue weighted by Gasteiger charge is -2.18. The maximum Gasteiger partial charge on any atom is 0.331 e. The van der Waals surface area contributed by atoms with Crippen LogP contribution in [0.3, 0.4) is 0 Å². The number of aliphatic hydroxyl groups is 1. The van der Waals surface area contributed by atoms with Crippen molar-refractivity contribution in [3.63, 3.8) is 0 Å². The maximum atomic E-state index is 13.2. The van der Waals surface area contributed by atoms with Crippen molar-refractivity contribution in [3.05, 3.63) is 49.7 Å². The van der Waals surface area contributed by atoms with Crippen LogP contribution in [0.4, 0.5) is 0 Å². The molecule has 7 heteroatoms. The standard InChI is InChI=1S/C23H26N2O5/c1-3-11-24-22(29)19-13(2)15(21(28)20-17(26)5-4-6-18(20)27)9-10-16(19)25(23(24)30)12-14-7-8-14/h9-10,14,28H,3-8,11-12H2,1-2H3. The zero-order valence-corrected chi connectivity index (χ0v) is 17.4. The van der Waals surface area contributed by atoms with E-state index < -0.39 is 5.56 Å². The zero-order chi connectivity index (χ0) is 21.6. The third kappa shape index (κ3) is 3.32. The minimum Gasteiger partial charge on any atom is -0.506 e. The molecule has 0 radical (unpaired) electrons. The smallest absolute Gasteiger partial charge is 0.331 e. The highest BCUT2D eigenvalue weighted by Gasteiger charge is 2.29. The Kier molecular flexibility index (Phi) is 5.22. The molecule has 0 spiro atoms. The summed E-state index contributed by atoms with van der Waals surface area (Å²) >= 11 is 0. The van der Waals surface area contributed by atoms with Crippen LogP contribution in [0.2, 0.25) is 0 Å². The van der Waals surface area contributed by atoms with Crippen LogP contribution in [-0.2, 0) is 22.7 Å². The molecule has 1 aromatic heterocycles. The Morgan fingerprint density at radius 2 is 1.73 bits per heavy atom. The molecule has 0 amide bonds. The van der Waals surface area contributed by atoms with E-state index in [1.807, 2.05) is 6.92 Å². The van der Waals surface area contributed by atoms with Crippen molar-refractivity contribution in [2.45, 2.75) is 65.5 Å². The predicted octanol–water partition coefficient (Wildman–Crippen LogP) is 2.88. The number of allylic oxidation sites excluding steroid dienone is 1. The molecule has 7 nitrogen and oxygen atoms in total. The fourth-order valence-electron chi connectivity index (χ4n) is 4.29. The molecule has 0 bridgehead atoms. The van der Waals surface area contributed by atoms with Crippen LogP contribution in [0.5, 0.6) is 0 Å². The number of benzene rings is 1. The number of aliphatic hydroxyl groups excluding tert-OH is 1. The number of Topliss-reactive ketones (excluding diaryl/α,β-unsaturated/α-hetero) is 2. The third-order valence-electron chi connectivity index (χ3n) is 6.10. The molecule has 0 saturated heterocycles. The number of aromatic nitrogens is 2. The number of aryl methyl sites for hydroxylation is 1. The second kappa shape index (κ2) is 7.70. The van der Waals surface area contributed by atoms with Crippen molar-refractivity contribution in [2.75, 3.05) is 0 Å². The maximum absolute atomic E-state index is 13.2. The van der Waals surface area contributed by atoms with Crippen molar-refractivity contribution in [1.29, 1.82) is 0 Å². The molecule has 0 atom stereocenters. The van der Waals surface area contributed by atoms with Gasteiger partial charge in [0.2, 0.25) is 0 Å². The Balaban J connectivity index is 2.00. The number of hydrogen-bond donors (Lipinski definition) is 1. The van der Waals surface area contributed by atoms with Gasteiger partial charge in [-0.2, -0.15) is 0 Å². The van der Waals surface area contributed by atoms with Crippen molar-refractivity contribution in [3.8, 4) is 0 Å². The lowest BCUT2D eigenvalue weighted by molar-refractivity contribution is -0.123. The molecular formula is C23H26N2O5. The minimum absolute atomic E-state index is 0.177. The molecule has 1 heterocycles. The Labute approximate surface area is 173 Å². The molecule has 30 heavy (non-hydrogen) atoms. The molecule has 2 aliphatic carbocycles. The summed E-state index contributed by atoms with van der Waals surface area (Å²) in [6.07, 6.45) is 3.70. The van der Waals surface area contributed by atoms with Gasteiger partial charge in [-0.3, -0.25) is 23.5 Å². The lowest BCUT2D eigenvalue weighted by Crippen LogP contribution is -2.40. The summed E-state index contributed by atoms with van der Waals surface area (Å²) in [5.41, 5.74) is 0.408. The summed E-state index contributed by atoms with van der Waals surface area (Å²) in [4.78, 5) is 50.8. The average molecular weight is 410 g/mol. The summed E-state index contributed by atoms with van der Waals surface area (Å²) < 4.78 is 2.91. The molecule has 2 aliphatic rings. The van der Waals surface area contributed by atoms with Gasteiger partial charge in [0.05, 0.1) is 10.9 Å². The van der Waals surface area contributed by atoms with Crippen molar-refractivity contribution in [1.82, 2.24) is 9.13 Å². The van der Waals surface area contributed by atoms with Gasteiger partial charge in [0, 0.05) is 31.5 Å². The van der Waals surface area contributed by atoms with E-state index in [1.54, 1.807) is 23.6 Å². The quantitative estimate of drug-likeness (QED) is 0.464. The fourth-order valence-corrected chi connectivity index (χ4v) is 4.29. The monoisotopic (exact) mass is 410 g/mol. The van der Waals surface area contributed by atoms with Crippen molar-refractivity contribution in [2.24, 2.45) is 5.92 Å². The second-order valence-corrected chi connectivity index (χ2v) is 8.35. The average Bonchev–Trinajstić information content (AvgIpc) is 3.52. The van der Waals surface area contributed by atoms with Crippen LogP contribution in [-0.4, -0.2) is 25.8 Å². The van der Waals surface area contributed by atoms with E-state index in [1.165, 1.54) is 4.57 Å². The largest absolute Gasteiger partial charge is 0.506 e. The van der Waals surface area contributed by atoms with Gasteiger partial charge in [-0.05, 0) is 56.2 Å².